The highest BCUT2D eigenvalue weighted by molar-refractivity contribution is 5.82. The summed E-state index contributed by atoms with van der Waals surface area (Å²) in [5.74, 6) is 3.74. The number of ether oxygens (including phenoxy) is 2. The molecule has 3 saturated carbocycles. The van der Waals surface area contributed by atoms with E-state index in [1.165, 1.54) is 57.8 Å². The summed E-state index contributed by atoms with van der Waals surface area (Å²) < 4.78 is 11.0. The van der Waals surface area contributed by atoms with Crippen molar-refractivity contribution in [3.05, 3.63) is 23.8 Å². The molecule has 1 heterocycles. The summed E-state index contributed by atoms with van der Waals surface area (Å²) in [6, 6.07) is 6.56. The number of nitrogens with zero attached hydrogens (tertiary/aromatic N) is 1. The van der Waals surface area contributed by atoms with E-state index < -0.39 is 0 Å². The highest BCUT2D eigenvalue weighted by Gasteiger charge is 2.56. The average Bonchev–Trinajstić information content (AvgIpc) is 3.23. The van der Waals surface area contributed by atoms with Gasteiger partial charge in [-0.2, -0.15) is 0 Å². The van der Waals surface area contributed by atoms with E-state index >= 15 is 0 Å². The highest BCUT2D eigenvalue weighted by Crippen LogP contribution is 2.56. The lowest BCUT2D eigenvalue weighted by Gasteiger charge is -2.35. The van der Waals surface area contributed by atoms with E-state index in [0.29, 0.717) is 36.5 Å². The molecule has 4 nitrogen and oxygen atoms in total. The maximum absolute atomic E-state index is 13.5. The number of rotatable bonds is 4. The van der Waals surface area contributed by atoms with E-state index in [-0.39, 0.29) is 0 Å². The molecular weight excluding hydrogens is 326 g/mol. The molecule has 4 aliphatic rings. The molecule has 5 rings (SSSR count). The molecule has 1 aliphatic heterocycles. The van der Waals surface area contributed by atoms with Crippen molar-refractivity contribution >= 4 is 5.91 Å². The summed E-state index contributed by atoms with van der Waals surface area (Å²) in [5, 5.41) is 0. The van der Waals surface area contributed by atoms with Gasteiger partial charge in [-0.05, 0) is 55.2 Å². The van der Waals surface area contributed by atoms with Crippen LogP contribution in [0.1, 0.15) is 63.4 Å². The molecule has 2 atom stereocenters. The zero-order valence-corrected chi connectivity index (χ0v) is 15.5. The summed E-state index contributed by atoms with van der Waals surface area (Å²) in [5.41, 5.74) is 1.16. The minimum Gasteiger partial charge on any atom is -0.454 e. The molecule has 4 heteroatoms. The second-order valence-corrected chi connectivity index (χ2v) is 8.58. The Kier molecular flexibility index (Phi) is 4.30. The Hall–Kier alpha value is -1.71. The predicted octanol–water partition coefficient (Wildman–Crippen LogP) is 4.51. The third kappa shape index (κ3) is 2.97. The molecule has 140 valence electrons. The average molecular weight is 355 g/mol. The molecule has 1 amide bonds. The van der Waals surface area contributed by atoms with Crippen molar-refractivity contribution in [3.63, 3.8) is 0 Å². The summed E-state index contributed by atoms with van der Waals surface area (Å²) in [4.78, 5) is 15.7. The predicted molar refractivity (Wildman–Crippen MR) is 98.9 cm³/mol. The van der Waals surface area contributed by atoms with Gasteiger partial charge >= 0.3 is 0 Å². The van der Waals surface area contributed by atoms with Crippen LogP contribution in [0.5, 0.6) is 11.5 Å². The fraction of sp³-hybridized carbons (Fsp3) is 0.682. The number of carbonyl (C=O) groups excluding carboxylic acids is 1. The molecule has 1 aromatic carbocycles. The molecule has 0 aromatic heterocycles. The van der Waals surface area contributed by atoms with Crippen molar-refractivity contribution in [1.82, 2.24) is 4.90 Å². The Labute approximate surface area is 155 Å². The summed E-state index contributed by atoms with van der Waals surface area (Å²) in [6.45, 7) is 1.02. The lowest BCUT2D eigenvalue weighted by molar-refractivity contribution is -0.137. The van der Waals surface area contributed by atoms with Gasteiger partial charge in [0.2, 0.25) is 12.7 Å². The Morgan fingerprint density at radius 1 is 0.923 bits per heavy atom. The van der Waals surface area contributed by atoms with E-state index in [1.54, 1.807) is 0 Å². The second kappa shape index (κ2) is 6.79. The fourth-order valence-corrected chi connectivity index (χ4v) is 5.57. The lowest BCUT2D eigenvalue weighted by Crippen LogP contribution is -2.42. The van der Waals surface area contributed by atoms with Gasteiger partial charge in [-0.3, -0.25) is 4.79 Å². The molecule has 0 N–H and O–H groups in total. The fourth-order valence-electron chi connectivity index (χ4n) is 5.57. The summed E-state index contributed by atoms with van der Waals surface area (Å²) in [7, 11) is 0. The van der Waals surface area contributed by atoms with Crippen molar-refractivity contribution < 1.29 is 14.3 Å². The van der Waals surface area contributed by atoms with Crippen molar-refractivity contribution in [3.8, 4) is 11.5 Å². The minimum atomic E-state index is 0.301. The van der Waals surface area contributed by atoms with Crippen LogP contribution >= 0.6 is 0 Å². The first-order valence-corrected chi connectivity index (χ1v) is 10.5. The first-order chi connectivity index (χ1) is 12.8. The van der Waals surface area contributed by atoms with Crippen LogP contribution in [0.4, 0.5) is 0 Å². The van der Waals surface area contributed by atoms with E-state index in [1.807, 2.05) is 6.07 Å². The molecule has 0 bridgehead atoms. The summed E-state index contributed by atoms with van der Waals surface area (Å²) >= 11 is 0. The van der Waals surface area contributed by atoms with E-state index in [0.717, 1.165) is 23.6 Å². The van der Waals surface area contributed by atoms with Gasteiger partial charge in [0.05, 0.1) is 0 Å². The monoisotopic (exact) mass is 355 g/mol. The third-order valence-corrected chi connectivity index (χ3v) is 7.03. The van der Waals surface area contributed by atoms with Crippen molar-refractivity contribution in [2.45, 2.75) is 70.4 Å². The first kappa shape index (κ1) is 16.5. The molecular formula is C22H29NO3. The smallest absolute Gasteiger partial charge is 0.231 e. The van der Waals surface area contributed by atoms with Crippen LogP contribution in [-0.4, -0.2) is 23.6 Å². The minimum absolute atomic E-state index is 0.301. The van der Waals surface area contributed by atoms with Gasteiger partial charge in [0.15, 0.2) is 11.5 Å². The van der Waals surface area contributed by atoms with Crippen LogP contribution in [0.15, 0.2) is 18.2 Å². The Morgan fingerprint density at radius 2 is 1.62 bits per heavy atom. The zero-order valence-electron chi connectivity index (χ0n) is 15.5. The highest BCUT2D eigenvalue weighted by atomic mass is 16.7. The molecule has 1 aromatic rings. The largest absolute Gasteiger partial charge is 0.454 e. The van der Waals surface area contributed by atoms with Gasteiger partial charge in [0.1, 0.15) is 0 Å². The first-order valence-electron chi connectivity index (χ1n) is 10.5. The van der Waals surface area contributed by atoms with Crippen LogP contribution < -0.4 is 9.47 Å². The molecule has 0 unspecified atom stereocenters. The van der Waals surface area contributed by atoms with Crippen LogP contribution in [0.3, 0.4) is 0 Å². The lowest BCUT2D eigenvalue weighted by atomic mass is 9.93. The van der Waals surface area contributed by atoms with Crippen LogP contribution in [-0.2, 0) is 11.3 Å². The van der Waals surface area contributed by atoms with Crippen LogP contribution in [0, 0.1) is 17.8 Å². The second-order valence-electron chi connectivity index (χ2n) is 8.58. The molecule has 26 heavy (non-hydrogen) atoms. The SMILES string of the molecule is O=C(C1[C@@H]2CCCC[C@@H]12)N(Cc1ccc2c(c1)OCO2)C1CCCCC1. The summed E-state index contributed by atoms with van der Waals surface area (Å²) in [6.07, 6.45) is 11.3. The third-order valence-electron chi connectivity index (χ3n) is 7.03. The number of hydrogen-bond donors (Lipinski definition) is 0. The molecule has 0 saturated heterocycles. The number of amides is 1. The Morgan fingerprint density at radius 3 is 2.38 bits per heavy atom. The number of benzene rings is 1. The molecule has 0 spiro atoms. The van der Waals surface area contributed by atoms with Crippen LogP contribution in [0.2, 0.25) is 0 Å². The maximum Gasteiger partial charge on any atom is 0.231 e. The van der Waals surface area contributed by atoms with Gasteiger partial charge in [-0.1, -0.05) is 38.2 Å². The Balaban J connectivity index is 1.36. The van der Waals surface area contributed by atoms with Crippen LogP contribution in [0.25, 0.3) is 0 Å². The van der Waals surface area contributed by atoms with Crippen molar-refractivity contribution in [2.24, 2.45) is 17.8 Å². The molecule has 3 fully saturated rings. The quantitative estimate of drug-likeness (QED) is 0.797. The molecule has 3 aliphatic carbocycles. The van der Waals surface area contributed by atoms with Gasteiger partial charge in [-0.15, -0.1) is 0 Å². The zero-order chi connectivity index (χ0) is 17.5. The Bertz CT molecular complexity index is 670. The standard InChI is InChI=1S/C22H29NO3/c24-22(21-17-8-4-5-9-18(17)21)23(16-6-2-1-3-7-16)13-15-10-11-19-20(12-15)26-14-25-19/h10-12,16-18,21H,1-9,13-14H2/t17-,18-/m1/s1. The molecule has 0 radical (unpaired) electrons. The van der Waals surface area contributed by atoms with Gasteiger partial charge in [0, 0.05) is 18.5 Å². The van der Waals surface area contributed by atoms with E-state index in [9.17, 15) is 4.79 Å². The van der Waals surface area contributed by atoms with Crippen molar-refractivity contribution in [2.75, 3.05) is 6.79 Å². The number of carbonyl (C=O) groups is 1. The topological polar surface area (TPSA) is 38.8 Å². The number of hydrogen-bond acceptors (Lipinski definition) is 3. The normalized spacial score (nSPS) is 29.9. The van der Waals surface area contributed by atoms with Gasteiger partial charge in [0.25, 0.3) is 0 Å². The van der Waals surface area contributed by atoms with Crippen molar-refractivity contribution in [1.29, 1.82) is 0 Å². The van der Waals surface area contributed by atoms with E-state index in [2.05, 4.69) is 17.0 Å². The maximum atomic E-state index is 13.5. The number of fused-ring (bicyclic) bond motifs is 2. The van der Waals surface area contributed by atoms with E-state index in [4.69, 9.17) is 9.47 Å². The van der Waals surface area contributed by atoms with Gasteiger partial charge in [-0.25, -0.2) is 0 Å². The van der Waals surface area contributed by atoms with Gasteiger partial charge < -0.3 is 14.4 Å².